The van der Waals surface area contributed by atoms with Crippen molar-refractivity contribution >= 4 is 60.4 Å². The first-order chi connectivity index (χ1) is 28.8. The minimum Gasteiger partial charge on any atom is -0.310 e. The van der Waals surface area contributed by atoms with Gasteiger partial charge in [0.2, 0.25) is 0 Å². The number of benzene rings is 10. The Morgan fingerprint density at radius 2 is 0.793 bits per heavy atom. The Labute approximate surface area is 338 Å². The lowest BCUT2D eigenvalue weighted by Gasteiger charge is -2.27. The van der Waals surface area contributed by atoms with Crippen molar-refractivity contribution in [3.05, 3.63) is 231 Å². The number of aromatic nitrogens is 1. The number of nitrogens with zero attached hydrogens (tertiary/aromatic N) is 2. The Hall–Kier alpha value is -7.68. The van der Waals surface area contributed by atoms with Gasteiger partial charge >= 0.3 is 0 Å². The Morgan fingerprint density at radius 1 is 0.310 bits per heavy atom. The van der Waals surface area contributed by atoms with E-state index in [1.807, 2.05) is 0 Å². The monoisotopic (exact) mass is 738 g/mol. The van der Waals surface area contributed by atoms with Gasteiger partial charge in [0, 0.05) is 33.2 Å². The molecule has 2 nitrogen and oxygen atoms in total. The van der Waals surface area contributed by atoms with Crippen molar-refractivity contribution < 1.29 is 0 Å². The summed E-state index contributed by atoms with van der Waals surface area (Å²) in [5, 5.41) is 7.26. The molecule has 58 heavy (non-hydrogen) atoms. The molecule has 0 radical (unpaired) electrons. The molecule has 11 rings (SSSR count). The van der Waals surface area contributed by atoms with Crippen LogP contribution in [0.4, 0.5) is 17.1 Å². The van der Waals surface area contributed by atoms with E-state index < -0.39 is 0 Å². The molecule has 0 saturated heterocycles. The second-order valence-corrected chi connectivity index (χ2v) is 15.0. The molecule has 0 atom stereocenters. The minimum atomic E-state index is 1.09. The van der Waals surface area contributed by atoms with E-state index in [0.29, 0.717) is 0 Å². The van der Waals surface area contributed by atoms with E-state index in [4.69, 9.17) is 0 Å². The second-order valence-electron chi connectivity index (χ2n) is 15.0. The van der Waals surface area contributed by atoms with E-state index >= 15 is 0 Å². The summed E-state index contributed by atoms with van der Waals surface area (Å²) < 4.78 is 2.50. The van der Waals surface area contributed by atoms with Crippen molar-refractivity contribution in [2.75, 3.05) is 4.90 Å². The van der Waals surface area contributed by atoms with Gasteiger partial charge in [0.1, 0.15) is 0 Å². The summed E-state index contributed by atoms with van der Waals surface area (Å²) in [4.78, 5) is 2.45. The quantitative estimate of drug-likeness (QED) is 0.158. The molecule has 272 valence electrons. The molecule has 0 aliphatic heterocycles. The van der Waals surface area contributed by atoms with Gasteiger partial charge in [-0.2, -0.15) is 0 Å². The molecule has 0 N–H and O–H groups in total. The first-order valence-corrected chi connectivity index (χ1v) is 19.9. The Kier molecular flexibility index (Phi) is 8.19. The molecular formula is C56H38N2. The number of hydrogen-bond donors (Lipinski definition) is 0. The topological polar surface area (TPSA) is 8.17 Å². The zero-order valence-corrected chi connectivity index (χ0v) is 31.8. The largest absolute Gasteiger partial charge is 0.310 e. The molecule has 2 heteroatoms. The Morgan fingerprint density at radius 3 is 1.40 bits per heavy atom. The van der Waals surface area contributed by atoms with Crippen LogP contribution in [0.2, 0.25) is 0 Å². The maximum Gasteiger partial charge on any atom is 0.0640 e. The number of hydrogen-bond acceptors (Lipinski definition) is 1. The van der Waals surface area contributed by atoms with E-state index in [9.17, 15) is 0 Å². The fourth-order valence-electron chi connectivity index (χ4n) is 8.73. The molecule has 10 aromatic carbocycles. The number of anilines is 3. The van der Waals surface area contributed by atoms with E-state index in [2.05, 4.69) is 240 Å². The van der Waals surface area contributed by atoms with Crippen molar-refractivity contribution in [3.8, 4) is 39.1 Å². The van der Waals surface area contributed by atoms with E-state index in [1.165, 1.54) is 76.7 Å². The highest BCUT2D eigenvalue weighted by Gasteiger charge is 2.24. The SMILES string of the molecule is c1ccc(-c2ccc(N(c3ccc(-c4ccccc4)cc3)c3cc4ccccc4c4c3c3ccc(-c5ccccc5)cc3n4-c3ccc4ccccc4c3)cc2)cc1. The first kappa shape index (κ1) is 33.6. The summed E-state index contributed by atoms with van der Waals surface area (Å²) in [7, 11) is 0. The van der Waals surface area contributed by atoms with Crippen LogP contribution in [-0.4, -0.2) is 4.57 Å². The predicted octanol–water partition coefficient (Wildman–Crippen LogP) is 15.6. The van der Waals surface area contributed by atoms with Crippen LogP contribution in [0.5, 0.6) is 0 Å². The zero-order valence-electron chi connectivity index (χ0n) is 31.8. The van der Waals surface area contributed by atoms with E-state index in [0.717, 1.165) is 22.7 Å². The molecule has 0 aliphatic carbocycles. The molecule has 1 aromatic heterocycles. The summed E-state index contributed by atoms with van der Waals surface area (Å²) in [5.74, 6) is 0. The Balaban J connectivity index is 1.23. The maximum atomic E-state index is 2.50. The molecular weight excluding hydrogens is 701 g/mol. The molecule has 0 fully saturated rings. The first-order valence-electron chi connectivity index (χ1n) is 19.9. The van der Waals surface area contributed by atoms with Gasteiger partial charge < -0.3 is 9.47 Å². The Bertz CT molecular complexity index is 3150. The second kappa shape index (κ2) is 14.1. The minimum absolute atomic E-state index is 1.09. The molecule has 0 spiro atoms. The van der Waals surface area contributed by atoms with Gasteiger partial charge in [-0.1, -0.05) is 182 Å². The zero-order chi connectivity index (χ0) is 38.4. The van der Waals surface area contributed by atoms with Gasteiger partial charge in [0.05, 0.1) is 16.7 Å². The van der Waals surface area contributed by atoms with Crippen LogP contribution in [0, 0.1) is 0 Å². The average molecular weight is 739 g/mol. The predicted molar refractivity (Wildman–Crippen MR) is 247 cm³/mol. The summed E-state index contributed by atoms with van der Waals surface area (Å²) >= 11 is 0. The molecule has 0 saturated carbocycles. The highest BCUT2D eigenvalue weighted by molar-refractivity contribution is 6.25. The third-order valence-corrected chi connectivity index (χ3v) is 11.5. The van der Waals surface area contributed by atoms with Gasteiger partial charge in [0.15, 0.2) is 0 Å². The third-order valence-electron chi connectivity index (χ3n) is 11.5. The lowest BCUT2D eigenvalue weighted by atomic mass is 9.99. The highest BCUT2D eigenvalue weighted by atomic mass is 15.1. The fourth-order valence-corrected chi connectivity index (χ4v) is 8.73. The highest BCUT2D eigenvalue weighted by Crippen LogP contribution is 2.48. The van der Waals surface area contributed by atoms with Gasteiger partial charge in [-0.25, -0.2) is 0 Å². The molecule has 0 unspecified atom stereocenters. The van der Waals surface area contributed by atoms with Crippen molar-refractivity contribution in [3.63, 3.8) is 0 Å². The van der Waals surface area contributed by atoms with Crippen molar-refractivity contribution in [2.45, 2.75) is 0 Å². The van der Waals surface area contributed by atoms with E-state index in [-0.39, 0.29) is 0 Å². The van der Waals surface area contributed by atoms with Crippen LogP contribution in [0.25, 0.3) is 82.4 Å². The smallest absolute Gasteiger partial charge is 0.0640 e. The van der Waals surface area contributed by atoms with Crippen molar-refractivity contribution in [2.24, 2.45) is 0 Å². The van der Waals surface area contributed by atoms with Crippen LogP contribution in [-0.2, 0) is 0 Å². The third kappa shape index (κ3) is 5.82. The van der Waals surface area contributed by atoms with Gasteiger partial charge in [-0.15, -0.1) is 0 Å². The summed E-state index contributed by atoms with van der Waals surface area (Å²) in [6.07, 6.45) is 0. The van der Waals surface area contributed by atoms with Crippen LogP contribution in [0.3, 0.4) is 0 Å². The molecule has 0 aliphatic rings. The van der Waals surface area contributed by atoms with Crippen LogP contribution in [0.15, 0.2) is 231 Å². The molecule has 0 bridgehead atoms. The van der Waals surface area contributed by atoms with Crippen molar-refractivity contribution in [1.29, 1.82) is 0 Å². The van der Waals surface area contributed by atoms with Gasteiger partial charge in [-0.3, -0.25) is 0 Å². The number of rotatable bonds is 7. The fraction of sp³-hybridized carbons (Fsp3) is 0. The van der Waals surface area contributed by atoms with Crippen LogP contribution in [0.1, 0.15) is 0 Å². The lowest BCUT2D eigenvalue weighted by Crippen LogP contribution is -2.10. The molecule has 11 aromatic rings. The van der Waals surface area contributed by atoms with Crippen LogP contribution >= 0.6 is 0 Å². The summed E-state index contributed by atoms with van der Waals surface area (Å²) in [6.45, 7) is 0. The van der Waals surface area contributed by atoms with E-state index in [1.54, 1.807) is 0 Å². The summed E-state index contributed by atoms with van der Waals surface area (Å²) in [5.41, 5.74) is 14.0. The lowest BCUT2D eigenvalue weighted by molar-refractivity contribution is 1.19. The summed E-state index contributed by atoms with van der Waals surface area (Å²) in [6, 6.07) is 83.8. The standard InChI is InChI=1S/C56H38N2/c1-4-14-39(15-5-1)43-24-30-48(31-25-43)57(49-32-26-44(27-33-49)40-16-6-2-7-17-40)54-38-47-22-12-13-23-51(47)56-55(54)52-35-29-46(41-18-8-3-9-19-41)37-53(52)58(56)50-34-28-42-20-10-11-21-45(42)36-50/h1-38H. The maximum absolute atomic E-state index is 2.50. The number of fused-ring (bicyclic) bond motifs is 6. The average Bonchev–Trinajstić information content (AvgIpc) is 3.65. The normalized spacial score (nSPS) is 11.4. The van der Waals surface area contributed by atoms with Crippen molar-refractivity contribution in [1.82, 2.24) is 4.57 Å². The molecule has 0 amide bonds. The van der Waals surface area contributed by atoms with Gasteiger partial charge in [0.25, 0.3) is 0 Å². The van der Waals surface area contributed by atoms with Crippen LogP contribution < -0.4 is 4.90 Å². The molecule has 1 heterocycles. The van der Waals surface area contributed by atoms with Gasteiger partial charge in [-0.05, 0) is 98.1 Å².